The van der Waals surface area contributed by atoms with Crippen molar-refractivity contribution in [2.75, 3.05) is 26.5 Å². The number of carbonyl (C=O) groups is 5. The number of rotatable bonds is 17. The van der Waals surface area contributed by atoms with Crippen molar-refractivity contribution in [2.45, 2.75) is 80.1 Å². The third-order valence-corrected chi connectivity index (χ3v) is 5.60. The fourth-order valence-electron chi connectivity index (χ4n) is 2.24. The lowest BCUT2D eigenvalue weighted by atomic mass is 10.1. The Morgan fingerprint density at radius 3 is 1.41 bits per heavy atom. The molecular weight excluding hydrogens is 551 g/mol. The van der Waals surface area contributed by atoms with E-state index in [0.29, 0.717) is 0 Å². The highest BCUT2D eigenvalue weighted by Gasteiger charge is 2.35. The summed E-state index contributed by atoms with van der Waals surface area (Å²) in [6, 6.07) is 0. The molecule has 0 saturated carbocycles. The average Bonchev–Trinajstić information content (AvgIpc) is 2.74. The van der Waals surface area contributed by atoms with Crippen LogP contribution in [0.3, 0.4) is 0 Å². The zero-order valence-electron chi connectivity index (χ0n) is 22.1. The molecule has 228 valence electrons. The van der Waals surface area contributed by atoms with Gasteiger partial charge in [-0.2, -0.15) is 0 Å². The lowest BCUT2D eigenvalue weighted by Gasteiger charge is -2.22. The highest BCUT2D eigenvalue weighted by atomic mass is 31.2. The Bertz CT molecular complexity index is 793. The second-order valence-corrected chi connectivity index (χ2v) is 10.3. The van der Waals surface area contributed by atoms with Crippen LogP contribution in [-0.4, -0.2) is 80.4 Å². The van der Waals surface area contributed by atoms with Crippen molar-refractivity contribution >= 4 is 38.0 Å². The number of aliphatic carboxylic acids is 1. The van der Waals surface area contributed by atoms with E-state index in [1.807, 2.05) is 0 Å². The third kappa shape index (κ3) is 20.5. The zero-order chi connectivity index (χ0) is 29.3. The van der Waals surface area contributed by atoms with Crippen molar-refractivity contribution in [1.29, 1.82) is 0 Å². The van der Waals surface area contributed by atoms with Gasteiger partial charge in [-0.3, -0.25) is 23.2 Å². The van der Waals surface area contributed by atoms with Crippen LogP contribution in [0.15, 0.2) is 0 Å². The summed E-state index contributed by atoms with van der Waals surface area (Å²) in [6.45, 7) is 6.53. The molecule has 0 radical (unpaired) electrons. The van der Waals surface area contributed by atoms with Gasteiger partial charge in [-0.25, -0.2) is 14.4 Å². The number of esters is 1. The molecular formula is C22H39O16P. The topological polar surface area (TPSA) is 206 Å². The van der Waals surface area contributed by atoms with E-state index in [-0.39, 0.29) is 7.43 Å². The van der Waals surface area contributed by atoms with Crippen LogP contribution >= 0.6 is 7.60 Å². The summed E-state index contributed by atoms with van der Waals surface area (Å²) in [5, 5.41) is 9.01. The normalized spacial score (nSPS) is 11.7. The van der Waals surface area contributed by atoms with Gasteiger partial charge in [0.2, 0.25) is 20.4 Å². The number of hydrogen-bond donors (Lipinski definition) is 1. The van der Waals surface area contributed by atoms with E-state index in [4.69, 9.17) is 33.1 Å². The van der Waals surface area contributed by atoms with E-state index in [1.54, 1.807) is 41.5 Å². The van der Waals surface area contributed by atoms with Crippen LogP contribution in [0.25, 0.3) is 0 Å². The van der Waals surface area contributed by atoms with E-state index >= 15 is 0 Å². The predicted molar refractivity (Wildman–Crippen MR) is 131 cm³/mol. The Labute approximate surface area is 226 Å². The smallest absolute Gasteiger partial charge is 0.481 e. The first kappa shape index (κ1) is 38.0. The Kier molecular flexibility index (Phi) is 19.4. The van der Waals surface area contributed by atoms with Crippen LogP contribution in [-0.2, 0) is 56.4 Å². The van der Waals surface area contributed by atoms with Gasteiger partial charge >= 0.3 is 38.0 Å². The predicted octanol–water partition coefficient (Wildman–Crippen LogP) is 4.43. The number of hydrogen-bond acceptors (Lipinski definition) is 15. The van der Waals surface area contributed by atoms with Crippen molar-refractivity contribution in [3.63, 3.8) is 0 Å². The van der Waals surface area contributed by atoms with Gasteiger partial charge < -0.3 is 38.3 Å². The highest BCUT2D eigenvalue weighted by Crippen LogP contribution is 2.50. The molecule has 0 bridgehead atoms. The average molecular weight is 591 g/mol. The van der Waals surface area contributed by atoms with E-state index in [0.717, 1.165) is 0 Å². The lowest BCUT2D eigenvalue weighted by Crippen LogP contribution is -2.26. The molecule has 0 aliphatic carbocycles. The second-order valence-electron chi connectivity index (χ2n) is 8.18. The largest absolute Gasteiger partial charge is 0.511 e. The first-order valence-electron chi connectivity index (χ1n) is 11.4. The Morgan fingerprint density at radius 2 is 1.05 bits per heavy atom. The van der Waals surface area contributed by atoms with E-state index in [1.165, 1.54) is 0 Å². The number of ether oxygens (including phenoxy) is 7. The molecule has 0 aliphatic heterocycles. The zero-order valence-corrected chi connectivity index (χ0v) is 23.0. The molecule has 0 aromatic carbocycles. The molecule has 0 heterocycles. The summed E-state index contributed by atoms with van der Waals surface area (Å²) < 4.78 is 56.2. The SMILES string of the molecule is C.CC(C)OC(=O)OCOC(=O)C(CCC(=O)O)CP(=O)(OCOC(=O)OC(C)C)OCOC(=O)OC(C)C. The minimum atomic E-state index is -4.43. The number of carboxylic acids is 1. The summed E-state index contributed by atoms with van der Waals surface area (Å²) in [5.41, 5.74) is 0. The monoisotopic (exact) mass is 590 g/mol. The lowest BCUT2D eigenvalue weighted by molar-refractivity contribution is -0.158. The van der Waals surface area contributed by atoms with Crippen LogP contribution in [0.2, 0.25) is 0 Å². The molecule has 1 N–H and O–H groups in total. The minimum absolute atomic E-state index is 0. The van der Waals surface area contributed by atoms with Crippen molar-refractivity contribution in [1.82, 2.24) is 0 Å². The molecule has 17 heteroatoms. The molecule has 0 aliphatic rings. The van der Waals surface area contributed by atoms with E-state index in [9.17, 15) is 28.5 Å². The minimum Gasteiger partial charge on any atom is -0.481 e. The molecule has 0 aromatic rings. The summed E-state index contributed by atoms with van der Waals surface area (Å²) in [4.78, 5) is 58.2. The Balaban J connectivity index is 0. The quantitative estimate of drug-likeness (QED) is 0.108. The van der Waals surface area contributed by atoms with Crippen LogP contribution in [0, 0.1) is 5.92 Å². The van der Waals surface area contributed by atoms with E-state index < -0.39 is 102 Å². The number of carboxylic acid groups (broad SMARTS) is 1. The fraction of sp³-hybridized carbons (Fsp3) is 0.773. The molecule has 0 rings (SSSR count). The van der Waals surface area contributed by atoms with Crippen LogP contribution in [0.4, 0.5) is 14.4 Å². The molecule has 1 unspecified atom stereocenters. The maximum absolute atomic E-state index is 13.3. The maximum atomic E-state index is 13.3. The van der Waals surface area contributed by atoms with Gasteiger partial charge in [0.1, 0.15) is 0 Å². The van der Waals surface area contributed by atoms with Gasteiger partial charge in [-0.1, -0.05) is 7.43 Å². The molecule has 16 nitrogen and oxygen atoms in total. The van der Waals surface area contributed by atoms with E-state index in [2.05, 4.69) is 14.2 Å². The molecule has 0 amide bonds. The van der Waals surface area contributed by atoms with Gasteiger partial charge in [-0.15, -0.1) is 0 Å². The number of carbonyl (C=O) groups excluding carboxylic acids is 4. The molecule has 0 spiro atoms. The van der Waals surface area contributed by atoms with Crippen LogP contribution in [0.1, 0.15) is 61.8 Å². The fourth-order valence-corrected chi connectivity index (χ4v) is 3.82. The summed E-state index contributed by atoms with van der Waals surface area (Å²) in [7, 11) is -4.43. The molecule has 0 fully saturated rings. The summed E-state index contributed by atoms with van der Waals surface area (Å²) >= 11 is 0. The van der Waals surface area contributed by atoms with Gasteiger partial charge in [0.05, 0.1) is 30.4 Å². The second kappa shape index (κ2) is 19.9. The summed E-state index contributed by atoms with van der Waals surface area (Å²) in [5.74, 6) is -3.82. The highest BCUT2D eigenvalue weighted by molar-refractivity contribution is 7.53. The van der Waals surface area contributed by atoms with Crippen molar-refractivity contribution < 1.29 is 75.8 Å². The molecule has 0 aromatic heterocycles. The van der Waals surface area contributed by atoms with Gasteiger partial charge in [-0.05, 0) is 48.0 Å². The molecule has 0 saturated heterocycles. The first-order valence-corrected chi connectivity index (χ1v) is 13.1. The third-order valence-electron chi connectivity index (χ3n) is 3.71. The maximum Gasteiger partial charge on any atom is 0.511 e. The van der Waals surface area contributed by atoms with Crippen molar-refractivity contribution in [3.8, 4) is 0 Å². The van der Waals surface area contributed by atoms with Crippen molar-refractivity contribution in [3.05, 3.63) is 0 Å². The Morgan fingerprint density at radius 1 is 0.667 bits per heavy atom. The van der Waals surface area contributed by atoms with Gasteiger partial charge in [0.15, 0.2) is 0 Å². The standard InChI is InChI=1S/C21H35O16P.CH4/c1-13(2)35-19(25)30-10-29-18(24)16(7-8-17(22)23)9-38(28,33-11-31-20(26)36-14(3)4)34-12-32-21(27)37-15(5)6;/h13-16H,7-12H2,1-6H3,(H,22,23);1H4. The Hall–Kier alpha value is -3.10. The summed E-state index contributed by atoms with van der Waals surface area (Å²) in [6.07, 6.45) is -6.72. The van der Waals surface area contributed by atoms with Gasteiger partial charge in [0, 0.05) is 6.42 Å². The van der Waals surface area contributed by atoms with Crippen LogP contribution < -0.4 is 0 Å². The molecule has 1 atom stereocenters. The van der Waals surface area contributed by atoms with Crippen molar-refractivity contribution in [2.24, 2.45) is 5.92 Å². The molecule has 39 heavy (non-hydrogen) atoms. The first-order chi connectivity index (χ1) is 17.6. The van der Waals surface area contributed by atoms with Gasteiger partial charge in [0.25, 0.3) is 0 Å². The van der Waals surface area contributed by atoms with Crippen LogP contribution in [0.5, 0.6) is 0 Å².